The van der Waals surface area contributed by atoms with Crippen molar-refractivity contribution < 1.29 is 19.0 Å². The molecule has 1 aromatic heterocycles. The predicted molar refractivity (Wildman–Crippen MR) is 100 cm³/mol. The van der Waals surface area contributed by atoms with Crippen LogP contribution in [0.15, 0.2) is 22.5 Å². The summed E-state index contributed by atoms with van der Waals surface area (Å²) < 4.78 is 16.8. The van der Waals surface area contributed by atoms with Crippen LogP contribution < -0.4 is 19.5 Å². The average molecular weight is 381 g/mol. The van der Waals surface area contributed by atoms with E-state index in [1.54, 1.807) is 37.1 Å². The maximum atomic E-state index is 12.1. The molecule has 0 unspecified atom stereocenters. The molecule has 0 radical (unpaired) electrons. The van der Waals surface area contributed by atoms with E-state index in [2.05, 4.69) is 15.5 Å². The Kier molecular flexibility index (Phi) is 7.08. The molecule has 1 amide bonds. The molecule has 2 aromatic rings. The van der Waals surface area contributed by atoms with Gasteiger partial charge in [0, 0.05) is 11.6 Å². The minimum atomic E-state index is -0.305. The number of hydrogen-bond acceptors (Lipinski definition) is 8. The molecule has 0 saturated heterocycles. The van der Waals surface area contributed by atoms with Crippen LogP contribution in [-0.2, 0) is 4.79 Å². The van der Waals surface area contributed by atoms with E-state index in [1.807, 2.05) is 6.92 Å². The number of ether oxygens (including phenoxy) is 3. The topological polar surface area (TPSA) is 82.6 Å². The lowest BCUT2D eigenvalue weighted by Crippen LogP contribution is -2.07. The average Bonchev–Trinajstić information content (AvgIpc) is 3.06. The summed E-state index contributed by atoms with van der Waals surface area (Å²) in [5.74, 6) is 2.11. The molecule has 0 spiro atoms. The summed E-state index contributed by atoms with van der Waals surface area (Å²) in [5.41, 5.74) is 0.690. The second-order valence-electron chi connectivity index (χ2n) is 4.55. The largest absolute Gasteiger partial charge is 0.493 e. The van der Waals surface area contributed by atoms with Crippen molar-refractivity contribution in [3.63, 3.8) is 0 Å². The van der Waals surface area contributed by atoms with Crippen molar-refractivity contribution in [3.8, 4) is 17.2 Å². The number of carbonyl (C=O) groups excluding carboxylic acids is 1. The smallest absolute Gasteiger partial charge is 0.250 e. The maximum Gasteiger partial charge on any atom is 0.250 e. The van der Waals surface area contributed by atoms with Gasteiger partial charge < -0.3 is 14.2 Å². The van der Waals surface area contributed by atoms with Crippen LogP contribution in [0.2, 0.25) is 0 Å². The van der Waals surface area contributed by atoms with Crippen LogP contribution in [0.25, 0.3) is 6.08 Å². The van der Waals surface area contributed by atoms with Crippen molar-refractivity contribution in [1.82, 2.24) is 10.2 Å². The van der Waals surface area contributed by atoms with E-state index in [4.69, 9.17) is 14.2 Å². The fourth-order valence-electron chi connectivity index (χ4n) is 2.01. The number of nitrogens with zero attached hydrogens (tertiary/aromatic N) is 2. The lowest BCUT2D eigenvalue weighted by atomic mass is 10.1. The van der Waals surface area contributed by atoms with Gasteiger partial charge in [-0.3, -0.25) is 10.1 Å². The van der Waals surface area contributed by atoms with Gasteiger partial charge in [-0.05, 0) is 24.0 Å². The molecule has 0 fully saturated rings. The molecule has 1 aromatic carbocycles. The number of rotatable bonds is 8. The van der Waals surface area contributed by atoms with Crippen LogP contribution in [0.4, 0.5) is 5.13 Å². The normalized spacial score (nSPS) is 10.7. The highest BCUT2D eigenvalue weighted by Gasteiger charge is 2.14. The number of methoxy groups -OCH3 is 3. The Morgan fingerprint density at radius 2 is 1.96 bits per heavy atom. The molecule has 9 heteroatoms. The molecule has 0 atom stereocenters. The number of amides is 1. The third kappa shape index (κ3) is 4.86. The van der Waals surface area contributed by atoms with Gasteiger partial charge in [-0.25, -0.2) is 0 Å². The third-order valence-corrected chi connectivity index (χ3v) is 4.91. The van der Waals surface area contributed by atoms with Gasteiger partial charge in [0.15, 0.2) is 15.8 Å². The van der Waals surface area contributed by atoms with E-state index in [0.29, 0.717) is 27.9 Å². The summed E-state index contributed by atoms with van der Waals surface area (Å²) in [7, 11) is 4.61. The minimum absolute atomic E-state index is 0.305. The van der Waals surface area contributed by atoms with Gasteiger partial charge in [-0.1, -0.05) is 30.0 Å². The number of thioether (sulfide) groups is 1. The molecule has 1 N–H and O–H groups in total. The molecule has 7 nitrogen and oxygen atoms in total. The Balaban J connectivity index is 2.13. The Hall–Kier alpha value is -2.26. The summed E-state index contributed by atoms with van der Waals surface area (Å²) in [5, 5.41) is 11.1. The second kappa shape index (κ2) is 9.28. The molecule has 2 rings (SSSR count). The van der Waals surface area contributed by atoms with Crippen LogP contribution >= 0.6 is 23.1 Å². The predicted octanol–water partition coefficient (Wildman–Crippen LogP) is 3.33. The highest BCUT2D eigenvalue weighted by atomic mass is 32.2. The van der Waals surface area contributed by atoms with Crippen LogP contribution in [0.3, 0.4) is 0 Å². The first-order chi connectivity index (χ1) is 12.1. The zero-order valence-electron chi connectivity index (χ0n) is 14.4. The monoisotopic (exact) mass is 381 g/mol. The molecule has 134 valence electrons. The van der Waals surface area contributed by atoms with Gasteiger partial charge >= 0.3 is 0 Å². The molecule has 1 heterocycles. The fourth-order valence-corrected chi connectivity index (χ4v) is 3.66. The van der Waals surface area contributed by atoms with Crippen molar-refractivity contribution in [2.75, 3.05) is 32.4 Å². The van der Waals surface area contributed by atoms with E-state index < -0.39 is 0 Å². The second-order valence-corrected chi connectivity index (χ2v) is 7.04. The lowest BCUT2D eigenvalue weighted by Gasteiger charge is -2.13. The molecular formula is C16H19N3O4S2. The Morgan fingerprint density at radius 1 is 1.20 bits per heavy atom. The van der Waals surface area contributed by atoms with E-state index in [0.717, 1.165) is 10.1 Å². The number of nitrogens with one attached hydrogen (secondary N) is 1. The number of aromatic nitrogens is 2. The van der Waals surface area contributed by atoms with Crippen LogP contribution in [0.1, 0.15) is 12.5 Å². The summed E-state index contributed by atoms with van der Waals surface area (Å²) in [6, 6.07) is 3.53. The molecule has 25 heavy (non-hydrogen) atoms. The van der Waals surface area contributed by atoms with Crippen molar-refractivity contribution in [3.05, 3.63) is 23.8 Å². The summed E-state index contributed by atoms with van der Waals surface area (Å²) in [4.78, 5) is 12.1. The summed E-state index contributed by atoms with van der Waals surface area (Å²) in [6.07, 6.45) is 3.04. The van der Waals surface area contributed by atoms with Crippen LogP contribution in [-0.4, -0.2) is 43.2 Å². The SMILES string of the molecule is CCSc1nnc(NC(=O)/C=C/c2ccc(OC)c(OC)c2OC)s1. The number of carbonyl (C=O) groups is 1. The van der Waals surface area contributed by atoms with Gasteiger partial charge in [0.25, 0.3) is 0 Å². The highest BCUT2D eigenvalue weighted by Crippen LogP contribution is 2.40. The Morgan fingerprint density at radius 3 is 2.60 bits per heavy atom. The summed E-state index contributed by atoms with van der Waals surface area (Å²) in [6.45, 7) is 2.03. The van der Waals surface area contributed by atoms with Crippen molar-refractivity contribution in [2.24, 2.45) is 0 Å². The van der Waals surface area contributed by atoms with Crippen LogP contribution in [0, 0.1) is 0 Å². The zero-order valence-corrected chi connectivity index (χ0v) is 16.0. The quantitative estimate of drug-likeness (QED) is 0.427. The van der Waals surface area contributed by atoms with Crippen molar-refractivity contribution in [2.45, 2.75) is 11.3 Å². The van der Waals surface area contributed by atoms with Gasteiger partial charge in [0.05, 0.1) is 21.3 Å². The Labute approximate surface area is 154 Å². The number of hydrogen-bond donors (Lipinski definition) is 1. The van der Waals surface area contributed by atoms with E-state index in [1.165, 1.54) is 31.6 Å². The van der Waals surface area contributed by atoms with Crippen molar-refractivity contribution >= 4 is 40.2 Å². The van der Waals surface area contributed by atoms with Gasteiger partial charge in [0.2, 0.25) is 16.8 Å². The first-order valence-electron chi connectivity index (χ1n) is 7.37. The van der Waals surface area contributed by atoms with Gasteiger partial charge in [-0.2, -0.15) is 0 Å². The van der Waals surface area contributed by atoms with E-state index >= 15 is 0 Å². The zero-order chi connectivity index (χ0) is 18.2. The highest BCUT2D eigenvalue weighted by molar-refractivity contribution is 8.01. The van der Waals surface area contributed by atoms with E-state index in [9.17, 15) is 4.79 Å². The first kappa shape index (κ1) is 19.1. The number of benzene rings is 1. The first-order valence-corrected chi connectivity index (χ1v) is 9.17. The lowest BCUT2D eigenvalue weighted by molar-refractivity contribution is -0.111. The maximum absolute atomic E-state index is 12.1. The summed E-state index contributed by atoms with van der Waals surface area (Å²) >= 11 is 2.92. The number of anilines is 1. The van der Waals surface area contributed by atoms with Crippen LogP contribution in [0.5, 0.6) is 17.2 Å². The molecule has 0 bridgehead atoms. The van der Waals surface area contributed by atoms with Crippen molar-refractivity contribution in [1.29, 1.82) is 0 Å². The van der Waals surface area contributed by atoms with Gasteiger partial charge in [0.1, 0.15) is 0 Å². The third-order valence-electron chi connectivity index (χ3n) is 3.05. The standard InChI is InChI=1S/C16H19N3O4S2/c1-5-24-16-19-18-15(25-16)17-12(20)9-7-10-6-8-11(21-2)14(23-4)13(10)22-3/h6-9H,5H2,1-4H3,(H,17,18,20)/b9-7+. The molecule has 0 aliphatic heterocycles. The molecule has 0 aliphatic carbocycles. The Bertz CT molecular complexity index is 762. The molecular weight excluding hydrogens is 362 g/mol. The molecule has 0 saturated carbocycles. The molecule has 0 aliphatic rings. The van der Waals surface area contributed by atoms with E-state index in [-0.39, 0.29) is 5.91 Å². The minimum Gasteiger partial charge on any atom is -0.493 e. The fraction of sp³-hybridized carbons (Fsp3) is 0.312. The van der Waals surface area contributed by atoms with Gasteiger partial charge in [-0.15, -0.1) is 10.2 Å².